The molecule has 0 aromatic carbocycles. The molecule has 1 atom stereocenters. The van der Waals surface area contributed by atoms with E-state index < -0.39 is 9.84 Å². The average Bonchev–Trinajstić information content (AvgIpc) is 3.00. The Labute approximate surface area is 117 Å². The lowest BCUT2D eigenvalue weighted by Crippen LogP contribution is -2.38. The number of hydrogen-bond donors (Lipinski definition) is 1. The summed E-state index contributed by atoms with van der Waals surface area (Å²) in [5.41, 5.74) is 2.09. The van der Waals surface area contributed by atoms with Gasteiger partial charge in [0.25, 0.3) is 5.91 Å². The smallest absolute Gasteiger partial charge is 0.274 e. The van der Waals surface area contributed by atoms with E-state index in [-0.39, 0.29) is 23.5 Å². The van der Waals surface area contributed by atoms with Gasteiger partial charge in [0.2, 0.25) is 0 Å². The van der Waals surface area contributed by atoms with Crippen molar-refractivity contribution in [2.45, 2.75) is 25.5 Å². The lowest BCUT2D eigenvalue weighted by Gasteiger charge is -2.23. The Morgan fingerprint density at radius 2 is 2.30 bits per heavy atom. The van der Waals surface area contributed by atoms with Gasteiger partial charge in [-0.25, -0.2) is 8.42 Å². The van der Waals surface area contributed by atoms with Gasteiger partial charge in [-0.3, -0.25) is 9.89 Å². The topological polar surface area (TPSA) is 92.4 Å². The zero-order valence-corrected chi connectivity index (χ0v) is 12.1. The zero-order chi connectivity index (χ0) is 14.3. The number of nitrogens with zero attached hydrogens (tertiary/aromatic N) is 2. The maximum absolute atomic E-state index is 12.5. The van der Waals surface area contributed by atoms with Gasteiger partial charge in [-0.05, 0) is 6.42 Å². The molecule has 0 radical (unpaired) electrons. The highest BCUT2D eigenvalue weighted by molar-refractivity contribution is 7.91. The third kappa shape index (κ3) is 2.33. The number of aromatic nitrogens is 2. The summed E-state index contributed by atoms with van der Waals surface area (Å²) in [7, 11) is -1.37. The summed E-state index contributed by atoms with van der Waals surface area (Å²) in [5.74, 6) is -0.0507. The van der Waals surface area contributed by atoms with Crippen LogP contribution in [0.5, 0.6) is 0 Å². The molecule has 1 unspecified atom stereocenters. The van der Waals surface area contributed by atoms with E-state index >= 15 is 0 Å². The van der Waals surface area contributed by atoms with E-state index in [1.165, 1.54) is 4.90 Å². The molecule has 0 spiro atoms. The fourth-order valence-electron chi connectivity index (χ4n) is 2.70. The van der Waals surface area contributed by atoms with Crippen molar-refractivity contribution in [3.8, 4) is 0 Å². The fraction of sp³-hybridized carbons (Fsp3) is 0.667. The van der Waals surface area contributed by atoms with Crippen LogP contribution in [0.2, 0.25) is 0 Å². The maximum Gasteiger partial charge on any atom is 0.274 e. The van der Waals surface area contributed by atoms with Crippen molar-refractivity contribution in [3.05, 3.63) is 17.0 Å². The minimum atomic E-state index is -3.01. The molecule has 1 aromatic rings. The van der Waals surface area contributed by atoms with E-state index in [0.717, 1.165) is 17.7 Å². The van der Waals surface area contributed by atoms with E-state index in [1.807, 2.05) is 0 Å². The molecule has 8 heteroatoms. The second-order valence-electron chi connectivity index (χ2n) is 5.30. The predicted octanol–water partition coefficient (Wildman–Crippen LogP) is -0.258. The van der Waals surface area contributed by atoms with Crippen LogP contribution in [0, 0.1) is 0 Å². The first-order chi connectivity index (χ1) is 9.48. The predicted molar refractivity (Wildman–Crippen MR) is 71.1 cm³/mol. The first-order valence-electron chi connectivity index (χ1n) is 6.59. The van der Waals surface area contributed by atoms with Crippen LogP contribution in [0.4, 0.5) is 0 Å². The molecule has 1 N–H and O–H groups in total. The highest BCUT2D eigenvalue weighted by Crippen LogP contribution is 2.22. The van der Waals surface area contributed by atoms with Crippen molar-refractivity contribution < 1.29 is 17.9 Å². The molecule has 3 heterocycles. The summed E-state index contributed by atoms with van der Waals surface area (Å²) < 4.78 is 28.4. The number of carbonyl (C=O) groups excluding carboxylic acids is 1. The highest BCUT2D eigenvalue weighted by Gasteiger charge is 2.35. The van der Waals surface area contributed by atoms with Crippen LogP contribution in [0.3, 0.4) is 0 Å². The lowest BCUT2D eigenvalue weighted by molar-refractivity contribution is 0.0728. The van der Waals surface area contributed by atoms with Crippen molar-refractivity contribution in [3.63, 3.8) is 0 Å². The molecule has 0 saturated carbocycles. The Hall–Kier alpha value is -1.41. The minimum absolute atomic E-state index is 0.0400. The number of sulfone groups is 1. The molecular weight excluding hydrogens is 282 g/mol. The summed E-state index contributed by atoms with van der Waals surface area (Å²) in [6.45, 7) is 1.00. The second-order valence-corrected chi connectivity index (χ2v) is 7.53. The maximum atomic E-state index is 12.5. The van der Waals surface area contributed by atoms with Gasteiger partial charge in [0.15, 0.2) is 15.5 Å². The fourth-order valence-corrected chi connectivity index (χ4v) is 4.48. The molecule has 0 bridgehead atoms. The van der Waals surface area contributed by atoms with E-state index in [0.29, 0.717) is 25.3 Å². The summed E-state index contributed by atoms with van der Waals surface area (Å²) in [6.07, 6.45) is 1.21. The number of nitrogens with one attached hydrogen (secondary N) is 1. The summed E-state index contributed by atoms with van der Waals surface area (Å²) in [5, 5.41) is 6.95. The first kappa shape index (κ1) is 13.6. The molecule has 2 aliphatic rings. The van der Waals surface area contributed by atoms with Crippen LogP contribution in [0.1, 0.15) is 28.2 Å². The number of fused-ring (bicyclic) bond motifs is 1. The van der Waals surface area contributed by atoms with E-state index in [1.54, 1.807) is 7.05 Å². The molecule has 110 valence electrons. The normalized spacial score (nSPS) is 24.4. The van der Waals surface area contributed by atoms with Crippen molar-refractivity contribution in [2.75, 3.05) is 25.2 Å². The molecule has 1 aromatic heterocycles. The zero-order valence-electron chi connectivity index (χ0n) is 11.3. The van der Waals surface area contributed by atoms with Crippen molar-refractivity contribution >= 4 is 15.7 Å². The molecule has 1 fully saturated rings. The monoisotopic (exact) mass is 299 g/mol. The van der Waals surface area contributed by atoms with E-state index in [9.17, 15) is 13.2 Å². The number of hydrogen-bond acceptors (Lipinski definition) is 5. The van der Waals surface area contributed by atoms with Crippen LogP contribution in [0.15, 0.2) is 0 Å². The Morgan fingerprint density at radius 3 is 3.00 bits per heavy atom. The third-order valence-corrected chi connectivity index (χ3v) is 5.72. The summed E-state index contributed by atoms with van der Waals surface area (Å²) in [4.78, 5) is 14.0. The highest BCUT2D eigenvalue weighted by atomic mass is 32.2. The first-order valence-corrected chi connectivity index (χ1v) is 8.41. The van der Waals surface area contributed by atoms with Crippen LogP contribution < -0.4 is 0 Å². The minimum Gasteiger partial charge on any atom is -0.376 e. The largest absolute Gasteiger partial charge is 0.376 e. The van der Waals surface area contributed by atoms with Crippen LogP contribution in [-0.4, -0.2) is 60.6 Å². The van der Waals surface area contributed by atoms with Crippen molar-refractivity contribution in [2.24, 2.45) is 0 Å². The SMILES string of the molecule is CN(C(=O)c1n[nH]c2c1COCC2)C1CCS(=O)(=O)C1. The van der Waals surface area contributed by atoms with E-state index in [4.69, 9.17) is 4.74 Å². The number of carbonyl (C=O) groups is 1. The van der Waals surface area contributed by atoms with Crippen LogP contribution in [-0.2, 0) is 27.6 Å². The number of H-pyrrole nitrogens is 1. The number of ether oxygens (including phenoxy) is 1. The van der Waals surface area contributed by atoms with Gasteiger partial charge in [-0.1, -0.05) is 0 Å². The molecule has 0 aliphatic carbocycles. The van der Waals surface area contributed by atoms with Crippen LogP contribution in [0.25, 0.3) is 0 Å². The Bertz CT molecular complexity index is 637. The van der Waals surface area contributed by atoms with Gasteiger partial charge in [0, 0.05) is 30.8 Å². The molecule has 3 rings (SSSR count). The molecule has 2 aliphatic heterocycles. The van der Waals surface area contributed by atoms with Gasteiger partial charge in [0.1, 0.15) is 0 Å². The summed E-state index contributed by atoms with van der Waals surface area (Å²) in [6, 6.07) is -0.260. The molecular formula is C12H17N3O4S. The third-order valence-electron chi connectivity index (χ3n) is 3.97. The standard InChI is InChI=1S/C12H17N3O4S/c1-15(8-3-5-20(17,18)7-8)12(16)11-9-6-19-4-2-10(9)13-14-11/h8H,2-7H2,1H3,(H,13,14). The Morgan fingerprint density at radius 1 is 1.50 bits per heavy atom. The number of rotatable bonds is 2. The van der Waals surface area contributed by atoms with Crippen molar-refractivity contribution in [1.29, 1.82) is 0 Å². The Balaban J connectivity index is 1.81. The Kier molecular flexibility index (Phi) is 3.29. The number of amides is 1. The van der Waals surface area contributed by atoms with Crippen LogP contribution >= 0.6 is 0 Å². The lowest BCUT2D eigenvalue weighted by atomic mass is 10.1. The second kappa shape index (κ2) is 4.85. The molecule has 20 heavy (non-hydrogen) atoms. The van der Waals surface area contributed by atoms with Gasteiger partial charge in [0.05, 0.1) is 24.7 Å². The molecule has 7 nitrogen and oxygen atoms in total. The molecule has 1 saturated heterocycles. The summed E-state index contributed by atoms with van der Waals surface area (Å²) >= 11 is 0. The average molecular weight is 299 g/mol. The van der Waals surface area contributed by atoms with Gasteiger partial charge in [-0.2, -0.15) is 5.10 Å². The van der Waals surface area contributed by atoms with Gasteiger partial charge >= 0.3 is 0 Å². The van der Waals surface area contributed by atoms with E-state index in [2.05, 4.69) is 10.2 Å². The quantitative estimate of drug-likeness (QED) is 0.812. The van der Waals surface area contributed by atoms with Crippen molar-refractivity contribution in [1.82, 2.24) is 15.1 Å². The van der Waals surface area contributed by atoms with Gasteiger partial charge in [-0.15, -0.1) is 0 Å². The molecule has 1 amide bonds. The van der Waals surface area contributed by atoms with Gasteiger partial charge < -0.3 is 9.64 Å². The number of aromatic amines is 1.